The lowest BCUT2D eigenvalue weighted by atomic mass is 9.94. The van der Waals surface area contributed by atoms with E-state index in [1.54, 1.807) is 42.5 Å². The number of aromatic hydroxyl groups is 1. The van der Waals surface area contributed by atoms with Gasteiger partial charge in [-0.3, -0.25) is 14.5 Å². The summed E-state index contributed by atoms with van der Waals surface area (Å²) in [6.45, 7) is 0. The highest BCUT2D eigenvalue weighted by atomic mass is 35.5. The zero-order valence-electron chi connectivity index (χ0n) is 18.1. The second-order valence-electron chi connectivity index (χ2n) is 7.39. The summed E-state index contributed by atoms with van der Waals surface area (Å²) in [5, 5.41) is 21.5. The summed E-state index contributed by atoms with van der Waals surface area (Å²) in [4.78, 5) is 27.7. The van der Waals surface area contributed by atoms with Gasteiger partial charge in [0.05, 0.1) is 36.4 Å². The van der Waals surface area contributed by atoms with Crippen molar-refractivity contribution in [2.45, 2.75) is 6.04 Å². The number of nitrogens with zero attached hydrogens (tertiary/aromatic N) is 1. The van der Waals surface area contributed by atoms with Crippen LogP contribution in [0.3, 0.4) is 0 Å². The van der Waals surface area contributed by atoms with Gasteiger partial charge in [0.25, 0.3) is 11.7 Å². The van der Waals surface area contributed by atoms with E-state index in [1.165, 1.54) is 37.3 Å². The molecule has 0 aromatic heterocycles. The van der Waals surface area contributed by atoms with Gasteiger partial charge in [0.2, 0.25) is 0 Å². The van der Waals surface area contributed by atoms with Crippen molar-refractivity contribution in [2.24, 2.45) is 0 Å². The molecule has 1 fully saturated rings. The van der Waals surface area contributed by atoms with Crippen LogP contribution in [0.1, 0.15) is 17.2 Å². The first-order valence-electron chi connectivity index (χ1n) is 10.1. The van der Waals surface area contributed by atoms with E-state index in [0.29, 0.717) is 11.3 Å². The molecule has 0 saturated carbocycles. The summed E-state index contributed by atoms with van der Waals surface area (Å²) < 4.78 is 10.6. The number of amides is 1. The number of methoxy groups -OCH3 is 2. The van der Waals surface area contributed by atoms with Gasteiger partial charge in [-0.15, -0.1) is 0 Å². The molecule has 3 aromatic rings. The number of phenols is 1. The summed E-state index contributed by atoms with van der Waals surface area (Å²) in [5.41, 5.74) is 0.647. The summed E-state index contributed by atoms with van der Waals surface area (Å²) >= 11 is 12.7. The van der Waals surface area contributed by atoms with Crippen molar-refractivity contribution in [1.82, 2.24) is 0 Å². The van der Waals surface area contributed by atoms with Gasteiger partial charge < -0.3 is 19.7 Å². The number of hydrogen-bond donors (Lipinski definition) is 2. The van der Waals surface area contributed by atoms with Crippen molar-refractivity contribution in [3.63, 3.8) is 0 Å². The topological polar surface area (TPSA) is 96.3 Å². The van der Waals surface area contributed by atoms with E-state index in [2.05, 4.69) is 0 Å². The van der Waals surface area contributed by atoms with Crippen molar-refractivity contribution in [3.8, 4) is 17.2 Å². The summed E-state index contributed by atoms with van der Waals surface area (Å²) in [6, 6.07) is 15.0. The summed E-state index contributed by atoms with van der Waals surface area (Å²) in [7, 11) is 2.71. The van der Waals surface area contributed by atoms with Gasteiger partial charge in [-0.1, -0.05) is 53.5 Å². The monoisotopic (exact) mass is 499 g/mol. The smallest absolute Gasteiger partial charge is 0.300 e. The molecule has 0 aliphatic carbocycles. The largest absolute Gasteiger partial charge is 0.508 e. The first kappa shape index (κ1) is 23.5. The molecule has 3 aromatic carbocycles. The van der Waals surface area contributed by atoms with Gasteiger partial charge in [-0.05, 0) is 35.9 Å². The van der Waals surface area contributed by atoms with E-state index in [4.69, 9.17) is 32.7 Å². The highest BCUT2D eigenvalue weighted by Gasteiger charge is 2.47. The first-order chi connectivity index (χ1) is 16.3. The molecule has 0 radical (unpaired) electrons. The minimum absolute atomic E-state index is 0.00881. The van der Waals surface area contributed by atoms with E-state index in [0.717, 1.165) is 0 Å². The molecule has 0 bridgehead atoms. The lowest BCUT2D eigenvalue weighted by Crippen LogP contribution is -2.29. The number of phenolic OH excluding ortho intramolecular Hbond substituents is 1. The molecule has 1 saturated heterocycles. The number of halogens is 2. The number of ether oxygens (including phenoxy) is 2. The molecule has 1 unspecified atom stereocenters. The van der Waals surface area contributed by atoms with Crippen molar-refractivity contribution in [3.05, 3.63) is 87.4 Å². The Hall–Kier alpha value is -3.68. The predicted molar refractivity (Wildman–Crippen MR) is 129 cm³/mol. The molecule has 1 amide bonds. The zero-order valence-corrected chi connectivity index (χ0v) is 19.6. The second-order valence-corrected chi connectivity index (χ2v) is 8.17. The van der Waals surface area contributed by atoms with Crippen LogP contribution in [0.25, 0.3) is 5.76 Å². The molecule has 7 nitrogen and oxygen atoms in total. The highest BCUT2D eigenvalue weighted by Crippen LogP contribution is 2.48. The van der Waals surface area contributed by atoms with Crippen LogP contribution in [0.2, 0.25) is 10.0 Å². The summed E-state index contributed by atoms with van der Waals surface area (Å²) in [6.07, 6.45) is 0. The number of carbonyl (C=O) groups is 2. The molecule has 0 spiro atoms. The number of anilines is 1. The Morgan fingerprint density at radius 2 is 1.62 bits per heavy atom. The van der Waals surface area contributed by atoms with E-state index in [9.17, 15) is 19.8 Å². The number of para-hydroxylation sites is 1. The van der Waals surface area contributed by atoms with Crippen molar-refractivity contribution in [1.29, 1.82) is 0 Å². The number of Topliss-reactive ketones (excluding diaryl/α,β-unsaturated/α-hetero) is 1. The number of ketones is 1. The van der Waals surface area contributed by atoms with E-state index >= 15 is 0 Å². The van der Waals surface area contributed by atoms with Crippen LogP contribution in [0.15, 0.2) is 66.2 Å². The maximum Gasteiger partial charge on any atom is 0.300 e. The molecule has 1 atom stereocenters. The number of hydrogen-bond acceptors (Lipinski definition) is 6. The molecule has 1 aliphatic heterocycles. The van der Waals surface area contributed by atoms with Gasteiger partial charge in [0, 0.05) is 5.69 Å². The standard InChI is InChI=1S/C25H19Cl2NO6/c1-33-23-16(12-17(26)24(34-2)19(23)27)21(30)18-20(13-7-6-10-15(29)11-13)28(25(32)22(18)31)14-8-4-3-5-9-14/h3-12,20,29-30H,1-2H3/b21-18+. The van der Waals surface area contributed by atoms with E-state index in [-0.39, 0.29) is 38.4 Å². The Labute approximate surface area is 205 Å². The Morgan fingerprint density at radius 3 is 2.24 bits per heavy atom. The van der Waals surface area contributed by atoms with Crippen molar-refractivity contribution >= 4 is 46.3 Å². The maximum atomic E-state index is 13.3. The zero-order chi connectivity index (χ0) is 24.6. The van der Waals surface area contributed by atoms with Crippen LogP contribution in [0, 0.1) is 0 Å². The van der Waals surface area contributed by atoms with Crippen LogP contribution in [0.4, 0.5) is 5.69 Å². The molecule has 34 heavy (non-hydrogen) atoms. The van der Waals surface area contributed by atoms with Gasteiger partial charge in [-0.25, -0.2) is 0 Å². The minimum atomic E-state index is -1.04. The molecule has 1 heterocycles. The average Bonchev–Trinajstić information content (AvgIpc) is 3.09. The molecule has 2 N–H and O–H groups in total. The average molecular weight is 500 g/mol. The van der Waals surface area contributed by atoms with E-state index < -0.39 is 23.5 Å². The molecule has 4 rings (SSSR count). The quantitative estimate of drug-likeness (QED) is 0.279. The van der Waals surface area contributed by atoms with Crippen molar-refractivity contribution < 1.29 is 29.3 Å². The lowest BCUT2D eigenvalue weighted by Gasteiger charge is -2.25. The first-order valence-corrected chi connectivity index (χ1v) is 10.8. The van der Waals surface area contributed by atoms with E-state index in [1.807, 2.05) is 0 Å². The Morgan fingerprint density at radius 1 is 0.941 bits per heavy atom. The van der Waals surface area contributed by atoms with Crippen LogP contribution in [0.5, 0.6) is 17.2 Å². The SMILES string of the molecule is COc1c(Cl)cc(/C(O)=C2\C(=O)C(=O)N(c3ccccc3)C2c2cccc(O)c2)c(OC)c1Cl. The third-order valence-electron chi connectivity index (χ3n) is 5.46. The van der Waals surface area contributed by atoms with Gasteiger partial charge in [-0.2, -0.15) is 0 Å². The Kier molecular flexibility index (Phi) is 6.41. The summed E-state index contributed by atoms with van der Waals surface area (Å²) in [5.74, 6) is -2.21. The fourth-order valence-corrected chi connectivity index (χ4v) is 4.68. The second kappa shape index (κ2) is 9.29. The van der Waals surface area contributed by atoms with Gasteiger partial charge >= 0.3 is 0 Å². The third-order valence-corrected chi connectivity index (χ3v) is 6.08. The fourth-order valence-electron chi connectivity index (χ4n) is 3.99. The maximum absolute atomic E-state index is 13.3. The lowest BCUT2D eigenvalue weighted by molar-refractivity contribution is -0.132. The van der Waals surface area contributed by atoms with Crippen LogP contribution in [-0.2, 0) is 9.59 Å². The van der Waals surface area contributed by atoms with Crippen LogP contribution in [-0.4, -0.2) is 36.1 Å². The molecular formula is C25H19Cl2NO6. The Bertz CT molecular complexity index is 1320. The highest BCUT2D eigenvalue weighted by molar-refractivity contribution is 6.52. The Balaban J connectivity index is 2.02. The number of carbonyl (C=O) groups excluding carboxylic acids is 2. The van der Waals surface area contributed by atoms with Crippen molar-refractivity contribution in [2.75, 3.05) is 19.1 Å². The van der Waals surface area contributed by atoms with Gasteiger partial charge in [0.15, 0.2) is 11.5 Å². The molecule has 174 valence electrons. The van der Waals surface area contributed by atoms with Gasteiger partial charge in [0.1, 0.15) is 16.5 Å². The molecular weight excluding hydrogens is 481 g/mol. The van der Waals surface area contributed by atoms with Crippen LogP contribution >= 0.6 is 23.2 Å². The molecule has 9 heteroatoms. The fraction of sp³-hybridized carbons (Fsp3) is 0.120. The number of rotatable bonds is 5. The number of aliphatic hydroxyl groups is 1. The minimum Gasteiger partial charge on any atom is -0.508 e. The predicted octanol–water partition coefficient (Wildman–Crippen LogP) is 5.34. The number of benzene rings is 3. The normalized spacial score (nSPS) is 17.2. The number of aliphatic hydroxyl groups excluding tert-OH is 1. The van der Waals surface area contributed by atoms with Crippen LogP contribution < -0.4 is 14.4 Å². The third kappa shape index (κ3) is 3.83. The molecule has 1 aliphatic rings.